The quantitative estimate of drug-likeness (QED) is 0.895. The predicted molar refractivity (Wildman–Crippen MR) is 84.6 cm³/mol. The Balaban J connectivity index is 1.67. The van der Waals surface area contributed by atoms with Gasteiger partial charge in [0.15, 0.2) is 0 Å². The Morgan fingerprint density at radius 2 is 2.17 bits per heavy atom. The van der Waals surface area contributed by atoms with Crippen LogP contribution >= 0.6 is 0 Å². The zero-order chi connectivity index (χ0) is 16.9. The molecule has 1 atom stereocenters. The van der Waals surface area contributed by atoms with Gasteiger partial charge >= 0.3 is 0 Å². The van der Waals surface area contributed by atoms with Crippen molar-refractivity contribution < 1.29 is 9.59 Å². The molecule has 3 heterocycles. The van der Waals surface area contributed by atoms with Crippen LogP contribution in [0.3, 0.4) is 0 Å². The summed E-state index contributed by atoms with van der Waals surface area (Å²) in [5, 5.41) is 10.1. The number of rotatable bonds is 4. The SMILES string of the molecule is CC(=O)N1CCCC1c1cncc(CNC(=O)c2ccnnc2)n1. The fourth-order valence-electron chi connectivity index (χ4n) is 2.82. The van der Waals surface area contributed by atoms with Crippen LogP contribution in [0.2, 0.25) is 0 Å². The van der Waals surface area contributed by atoms with Crippen molar-refractivity contribution in [2.24, 2.45) is 0 Å². The summed E-state index contributed by atoms with van der Waals surface area (Å²) >= 11 is 0. The van der Waals surface area contributed by atoms with E-state index in [0.29, 0.717) is 11.3 Å². The molecule has 0 bridgehead atoms. The topological polar surface area (TPSA) is 101 Å². The summed E-state index contributed by atoms with van der Waals surface area (Å²) in [6, 6.07) is 1.56. The largest absolute Gasteiger partial charge is 0.346 e. The lowest BCUT2D eigenvalue weighted by molar-refractivity contribution is -0.129. The number of amides is 2. The normalized spacial score (nSPS) is 16.9. The van der Waals surface area contributed by atoms with Crippen molar-refractivity contribution in [3.8, 4) is 0 Å². The van der Waals surface area contributed by atoms with Gasteiger partial charge in [0.25, 0.3) is 5.91 Å². The highest BCUT2D eigenvalue weighted by Crippen LogP contribution is 2.30. The fourth-order valence-corrected chi connectivity index (χ4v) is 2.82. The third kappa shape index (κ3) is 3.53. The number of likely N-dealkylation sites (tertiary alicyclic amines) is 1. The number of hydrogen-bond donors (Lipinski definition) is 1. The molecule has 1 fully saturated rings. The Morgan fingerprint density at radius 3 is 2.92 bits per heavy atom. The molecule has 0 spiro atoms. The number of carbonyl (C=O) groups excluding carboxylic acids is 2. The summed E-state index contributed by atoms with van der Waals surface area (Å²) in [6.45, 7) is 2.57. The van der Waals surface area contributed by atoms with Gasteiger partial charge in [-0.15, -0.1) is 0 Å². The summed E-state index contributed by atoms with van der Waals surface area (Å²) in [5.41, 5.74) is 1.85. The lowest BCUT2D eigenvalue weighted by Crippen LogP contribution is -2.29. The Kier molecular flexibility index (Phi) is 4.74. The second-order valence-corrected chi connectivity index (χ2v) is 5.62. The molecular weight excluding hydrogens is 308 g/mol. The lowest BCUT2D eigenvalue weighted by Gasteiger charge is -2.22. The molecule has 1 saturated heterocycles. The van der Waals surface area contributed by atoms with Crippen molar-refractivity contribution in [1.29, 1.82) is 0 Å². The van der Waals surface area contributed by atoms with E-state index >= 15 is 0 Å². The van der Waals surface area contributed by atoms with Crippen LogP contribution in [0.25, 0.3) is 0 Å². The van der Waals surface area contributed by atoms with Gasteiger partial charge in [0, 0.05) is 13.5 Å². The van der Waals surface area contributed by atoms with Crippen LogP contribution in [0.4, 0.5) is 0 Å². The summed E-state index contributed by atoms with van der Waals surface area (Å²) < 4.78 is 0. The third-order valence-corrected chi connectivity index (χ3v) is 3.98. The van der Waals surface area contributed by atoms with Crippen molar-refractivity contribution in [3.63, 3.8) is 0 Å². The molecule has 1 aliphatic rings. The Bertz CT molecular complexity index is 736. The van der Waals surface area contributed by atoms with Gasteiger partial charge in [-0.3, -0.25) is 19.6 Å². The maximum Gasteiger partial charge on any atom is 0.253 e. The monoisotopic (exact) mass is 326 g/mol. The molecule has 124 valence electrons. The molecule has 1 N–H and O–H groups in total. The number of nitrogens with one attached hydrogen (secondary N) is 1. The van der Waals surface area contributed by atoms with E-state index in [9.17, 15) is 9.59 Å². The first-order valence-corrected chi connectivity index (χ1v) is 7.78. The summed E-state index contributed by atoms with van der Waals surface area (Å²) in [4.78, 5) is 34.3. The average Bonchev–Trinajstić information content (AvgIpc) is 3.11. The van der Waals surface area contributed by atoms with Crippen LogP contribution in [0.15, 0.2) is 30.9 Å². The first-order valence-electron chi connectivity index (χ1n) is 7.78. The minimum atomic E-state index is -0.247. The van der Waals surface area contributed by atoms with Gasteiger partial charge in [-0.2, -0.15) is 10.2 Å². The third-order valence-electron chi connectivity index (χ3n) is 3.98. The lowest BCUT2D eigenvalue weighted by atomic mass is 10.1. The molecule has 0 aliphatic carbocycles. The smallest absolute Gasteiger partial charge is 0.253 e. The molecule has 2 aromatic heterocycles. The van der Waals surface area contributed by atoms with Gasteiger partial charge < -0.3 is 10.2 Å². The zero-order valence-electron chi connectivity index (χ0n) is 13.3. The molecule has 2 amide bonds. The van der Waals surface area contributed by atoms with Crippen LogP contribution in [-0.2, 0) is 11.3 Å². The number of carbonyl (C=O) groups is 2. The molecule has 24 heavy (non-hydrogen) atoms. The van der Waals surface area contributed by atoms with Gasteiger partial charge in [0.1, 0.15) is 0 Å². The molecule has 8 heteroatoms. The van der Waals surface area contributed by atoms with E-state index in [-0.39, 0.29) is 24.4 Å². The van der Waals surface area contributed by atoms with Crippen molar-refractivity contribution in [2.75, 3.05) is 6.54 Å². The molecule has 8 nitrogen and oxygen atoms in total. The van der Waals surface area contributed by atoms with Gasteiger partial charge in [-0.1, -0.05) is 0 Å². The van der Waals surface area contributed by atoms with E-state index in [4.69, 9.17) is 0 Å². The molecular formula is C16H18N6O2. The summed E-state index contributed by atoms with van der Waals surface area (Å²) in [6.07, 6.45) is 8.01. The maximum absolute atomic E-state index is 12.0. The molecule has 2 aromatic rings. The highest BCUT2D eigenvalue weighted by atomic mass is 16.2. The Morgan fingerprint density at radius 1 is 1.29 bits per heavy atom. The Labute approximate surface area is 139 Å². The van der Waals surface area contributed by atoms with E-state index in [1.165, 1.54) is 12.4 Å². The van der Waals surface area contributed by atoms with Crippen LogP contribution in [0, 0.1) is 0 Å². The fraction of sp³-hybridized carbons (Fsp3) is 0.375. The summed E-state index contributed by atoms with van der Waals surface area (Å²) in [5.74, 6) is -0.202. The maximum atomic E-state index is 12.0. The minimum absolute atomic E-state index is 0.0324. The van der Waals surface area contributed by atoms with E-state index in [0.717, 1.165) is 25.1 Å². The molecule has 0 saturated carbocycles. The number of hydrogen-bond acceptors (Lipinski definition) is 6. The number of aromatic nitrogens is 4. The summed E-state index contributed by atoms with van der Waals surface area (Å²) in [7, 11) is 0. The van der Waals surface area contributed by atoms with E-state index in [1.54, 1.807) is 25.4 Å². The standard InChI is InChI=1S/C16H18N6O2/c1-11(23)22-6-2-3-15(22)14-10-17-8-13(21-14)9-18-16(24)12-4-5-19-20-7-12/h4-5,7-8,10,15H,2-3,6,9H2,1H3,(H,18,24). The molecule has 0 aromatic carbocycles. The van der Waals surface area contributed by atoms with E-state index in [2.05, 4.69) is 25.5 Å². The molecule has 3 rings (SSSR count). The first-order chi connectivity index (χ1) is 11.6. The van der Waals surface area contributed by atoms with Crippen LogP contribution in [0.1, 0.15) is 47.6 Å². The number of nitrogens with zero attached hydrogens (tertiary/aromatic N) is 5. The van der Waals surface area contributed by atoms with Gasteiger partial charge in [0.05, 0.1) is 54.3 Å². The van der Waals surface area contributed by atoms with Crippen LogP contribution in [-0.4, -0.2) is 43.4 Å². The van der Waals surface area contributed by atoms with E-state index < -0.39 is 0 Å². The van der Waals surface area contributed by atoms with Crippen LogP contribution < -0.4 is 5.32 Å². The highest BCUT2D eigenvalue weighted by molar-refractivity contribution is 5.93. The van der Waals surface area contributed by atoms with Crippen molar-refractivity contribution in [1.82, 2.24) is 30.4 Å². The zero-order valence-corrected chi connectivity index (χ0v) is 13.3. The van der Waals surface area contributed by atoms with Gasteiger partial charge in [-0.25, -0.2) is 0 Å². The van der Waals surface area contributed by atoms with Crippen molar-refractivity contribution in [3.05, 3.63) is 47.8 Å². The molecule has 1 unspecified atom stereocenters. The van der Waals surface area contributed by atoms with E-state index in [1.807, 2.05) is 4.90 Å². The predicted octanol–water partition coefficient (Wildman–Crippen LogP) is 0.880. The van der Waals surface area contributed by atoms with Crippen molar-refractivity contribution >= 4 is 11.8 Å². The molecule has 0 radical (unpaired) electrons. The molecule has 1 aliphatic heterocycles. The second-order valence-electron chi connectivity index (χ2n) is 5.62. The van der Waals surface area contributed by atoms with Gasteiger partial charge in [0.2, 0.25) is 5.91 Å². The highest BCUT2D eigenvalue weighted by Gasteiger charge is 2.29. The minimum Gasteiger partial charge on any atom is -0.346 e. The van der Waals surface area contributed by atoms with Gasteiger partial charge in [-0.05, 0) is 18.9 Å². The second kappa shape index (κ2) is 7.12. The average molecular weight is 326 g/mol. The Hall–Kier alpha value is -2.90. The first kappa shape index (κ1) is 16.0. The van der Waals surface area contributed by atoms with Crippen molar-refractivity contribution in [2.45, 2.75) is 32.4 Å². The van der Waals surface area contributed by atoms with Crippen LogP contribution in [0.5, 0.6) is 0 Å².